The second-order valence-electron chi connectivity index (χ2n) is 3.61. The SMILES string of the molecule is COCCCCN1CCCNCC1=O. The lowest BCUT2D eigenvalue weighted by Crippen LogP contribution is -2.35. The van der Waals surface area contributed by atoms with Crippen molar-refractivity contribution in [1.82, 2.24) is 10.2 Å². The Morgan fingerprint density at radius 1 is 1.50 bits per heavy atom. The standard InChI is InChI=1S/C10H20N2O2/c1-14-8-3-2-6-12-7-4-5-11-9-10(12)13/h11H,2-9H2,1H3. The number of ether oxygens (including phenoxy) is 1. The van der Waals surface area contributed by atoms with Gasteiger partial charge in [0.1, 0.15) is 0 Å². The molecule has 1 fully saturated rings. The molecule has 14 heavy (non-hydrogen) atoms. The number of rotatable bonds is 5. The van der Waals surface area contributed by atoms with Crippen LogP contribution in [0.1, 0.15) is 19.3 Å². The van der Waals surface area contributed by atoms with Crippen molar-refractivity contribution in [3.8, 4) is 0 Å². The fraction of sp³-hybridized carbons (Fsp3) is 0.900. The topological polar surface area (TPSA) is 41.6 Å². The maximum atomic E-state index is 11.5. The maximum absolute atomic E-state index is 11.5. The molecule has 0 bridgehead atoms. The Morgan fingerprint density at radius 3 is 3.14 bits per heavy atom. The number of methoxy groups -OCH3 is 1. The highest BCUT2D eigenvalue weighted by Crippen LogP contribution is 2.00. The minimum Gasteiger partial charge on any atom is -0.385 e. The molecular formula is C10H20N2O2. The van der Waals surface area contributed by atoms with Crippen LogP contribution in [0.4, 0.5) is 0 Å². The molecule has 1 aliphatic heterocycles. The normalized spacial score (nSPS) is 18.4. The fourth-order valence-corrected chi connectivity index (χ4v) is 1.61. The summed E-state index contributed by atoms with van der Waals surface area (Å²) in [5.41, 5.74) is 0. The maximum Gasteiger partial charge on any atom is 0.236 e. The van der Waals surface area contributed by atoms with Gasteiger partial charge in [0.25, 0.3) is 0 Å². The number of hydrogen-bond acceptors (Lipinski definition) is 3. The molecule has 0 aromatic heterocycles. The number of carbonyl (C=O) groups excluding carboxylic acids is 1. The lowest BCUT2D eigenvalue weighted by molar-refractivity contribution is -0.129. The zero-order valence-electron chi connectivity index (χ0n) is 8.92. The van der Waals surface area contributed by atoms with E-state index in [9.17, 15) is 4.79 Å². The lowest BCUT2D eigenvalue weighted by atomic mass is 10.3. The van der Waals surface area contributed by atoms with E-state index in [2.05, 4.69) is 5.32 Å². The number of amides is 1. The summed E-state index contributed by atoms with van der Waals surface area (Å²) in [4.78, 5) is 13.5. The van der Waals surface area contributed by atoms with E-state index in [4.69, 9.17) is 4.74 Å². The first-order chi connectivity index (χ1) is 6.84. The van der Waals surface area contributed by atoms with Crippen LogP contribution in [-0.2, 0) is 9.53 Å². The van der Waals surface area contributed by atoms with Crippen molar-refractivity contribution in [3.63, 3.8) is 0 Å². The molecule has 0 unspecified atom stereocenters. The highest BCUT2D eigenvalue weighted by molar-refractivity contribution is 5.78. The van der Waals surface area contributed by atoms with Crippen LogP contribution < -0.4 is 5.32 Å². The molecule has 1 rings (SSSR count). The van der Waals surface area contributed by atoms with Gasteiger partial charge in [-0.15, -0.1) is 0 Å². The second-order valence-corrected chi connectivity index (χ2v) is 3.61. The molecule has 0 atom stereocenters. The van der Waals surface area contributed by atoms with Gasteiger partial charge in [-0.1, -0.05) is 0 Å². The average molecular weight is 200 g/mol. The summed E-state index contributed by atoms with van der Waals surface area (Å²) in [7, 11) is 1.71. The van der Waals surface area contributed by atoms with Crippen LogP contribution in [-0.4, -0.2) is 50.7 Å². The van der Waals surface area contributed by atoms with Gasteiger partial charge in [-0.05, 0) is 25.8 Å². The van der Waals surface area contributed by atoms with Gasteiger partial charge < -0.3 is 15.0 Å². The Labute approximate surface area is 85.6 Å². The van der Waals surface area contributed by atoms with Crippen LogP contribution in [0.5, 0.6) is 0 Å². The van der Waals surface area contributed by atoms with Gasteiger partial charge in [-0.3, -0.25) is 4.79 Å². The van der Waals surface area contributed by atoms with Gasteiger partial charge >= 0.3 is 0 Å². The Hall–Kier alpha value is -0.610. The van der Waals surface area contributed by atoms with Gasteiger partial charge in [0, 0.05) is 26.8 Å². The second kappa shape index (κ2) is 6.79. The third kappa shape index (κ3) is 4.07. The van der Waals surface area contributed by atoms with Crippen molar-refractivity contribution in [3.05, 3.63) is 0 Å². The first kappa shape index (κ1) is 11.5. The quantitative estimate of drug-likeness (QED) is 0.646. The first-order valence-corrected chi connectivity index (χ1v) is 5.32. The summed E-state index contributed by atoms with van der Waals surface area (Å²) in [5.74, 6) is 0.236. The van der Waals surface area contributed by atoms with E-state index in [0.29, 0.717) is 6.54 Å². The zero-order chi connectivity index (χ0) is 10.2. The lowest BCUT2D eigenvalue weighted by Gasteiger charge is -2.19. The molecule has 0 aliphatic carbocycles. The van der Waals surface area contributed by atoms with E-state index in [-0.39, 0.29) is 5.91 Å². The molecule has 1 N–H and O–H groups in total. The predicted molar refractivity (Wildman–Crippen MR) is 55.2 cm³/mol. The summed E-state index contributed by atoms with van der Waals surface area (Å²) >= 11 is 0. The minimum absolute atomic E-state index is 0.236. The van der Waals surface area contributed by atoms with Gasteiger partial charge in [-0.25, -0.2) is 0 Å². The Balaban J connectivity index is 2.16. The zero-order valence-corrected chi connectivity index (χ0v) is 8.92. The number of carbonyl (C=O) groups is 1. The summed E-state index contributed by atoms with van der Waals surface area (Å²) < 4.78 is 4.97. The van der Waals surface area contributed by atoms with E-state index in [1.54, 1.807) is 7.11 Å². The third-order valence-electron chi connectivity index (χ3n) is 2.44. The number of hydrogen-bond donors (Lipinski definition) is 1. The minimum atomic E-state index is 0.236. The monoisotopic (exact) mass is 200 g/mol. The van der Waals surface area contributed by atoms with E-state index in [1.807, 2.05) is 4.90 Å². The summed E-state index contributed by atoms with van der Waals surface area (Å²) in [6.45, 7) is 4.04. The van der Waals surface area contributed by atoms with Gasteiger partial charge in [0.2, 0.25) is 5.91 Å². The summed E-state index contributed by atoms with van der Waals surface area (Å²) in [6, 6.07) is 0. The molecule has 82 valence electrons. The highest BCUT2D eigenvalue weighted by atomic mass is 16.5. The summed E-state index contributed by atoms with van der Waals surface area (Å²) in [6.07, 6.45) is 3.14. The average Bonchev–Trinajstić information content (AvgIpc) is 2.39. The van der Waals surface area contributed by atoms with Crippen LogP contribution in [0, 0.1) is 0 Å². The Kier molecular flexibility index (Phi) is 5.56. The largest absolute Gasteiger partial charge is 0.385 e. The van der Waals surface area contributed by atoms with Crippen LogP contribution in [0.3, 0.4) is 0 Å². The Morgan fingerprint density at radius 2 is 2.36 bits per heavy atom. The van der Waals surface area contributed by atoms with Crippen molar-refractivity contribution in [1.29, 1.82) is 0 Å². The van der Waals surface area contributed by atoms with Crippen LogP contribution in [0.2, 0.25) is 0 Å². The van der Waals surface area contributed by atoms with Crippen molar-refractivity contribution in [2.24, 2.45) is 0 Å². The molecule has 0 saturated carbocycles. The highest BCUT2D eigenvalue weighted by Gasteiger charge is 2.14. The van der Waals surface area contributed by atoms with Crippen LogP contribution >= 0.6 is 0 Å². The Bertz CT molecular complexity index is 174. The molecular weight excluding hydrogens is 180 g/mol. The van der Waals surface area contributed by atoms with Crippen molar-refractivity contribution >= 4 is 5.91 Å². The number of nitrogens with zero attached hydrogens (tertiary/aromatic N) is 1. The van der Waals surface area contributed by atoms with Crippen molar-refractivity contribution < 1.29 is 9.53 Å². The van der Waals surface area contributed by atoms with E-state index >= 15 is 0 Å². The van der Waals surface area contributed by atoms with E-state index in [0.717, 1.165) is 45.5 Å². The molecule has 1 aliphatic rings. The van der Waals surface area contributed by atoms with Crippen LogP contribution in [0.25, 0.3) is 0 Å². The summed E-state index contributed by atoms with van der Waals surface area (Å²) in [5, 5.41) is 3.11. The van der Waals surface area contributed by atoms with Gasteiger partial charge in [0.05, 0.1) is 6.54 Å². The molecule has 1 saturated heterocycles. The first-order valence-electron chi connectivity index (χ1n) is 5.32. The molecule has 1 heterocycles. The molecule has 4 nitrogen and oxygen atoms in total. The van der Waals surface area contributed by atoms with Gasteiger partial charge in [0.15, 0.2) is 0 Å². The van der Waals surface area contributed by atoms with Crippen molar-refractivity contribution in [2.45, 2.75) is 19.3 Å². The number of unbranched alkanes of at least 4 members (excludes halogenated alkanes) is 1. The molecule has 0 aromatic carbocycles. The molecule has 0 spiro atoms. The molecule has 4 heteroatoms. The molecule has 0 radical (unpaired) electrons. The van der Waals surface area contributed by atoms with E-state index < -0.39 is 0 Å². The van der Waals surface area contributed by atoms with E-state index in [1.165, 1.54) is 0 Å². The van der Waals surface area contributed by atoms with Crippen LogP contribution in [0.15, 0.2) is 0 Å². The fourth-order valence-electron chi connectivity index (χ4n) is 1.61. The smallest absolute Gasteiger partial charge is 0.236 e. The molecule has 0 aromatic rings. The van der Waals surface area contributed by atoms with Crippen molar-refractivity contribution in [2.75, 3.05) is 39.9 Å². The number of nitrogens with one attached hydrogen (secondary N) is 1. The van der Waals surface area contributed by atoms with Gasteiger partial charge in [-0.2, -0.15) is 0 Å². The molecule has 1 amide bonds. The predicted octanol–water partition coefficient (Wildman–Crippen LogP) is 0.235. The third-order valence-corrected chi connectivity index (χ3v) is 2.44.